The molecule has 0 fully saturated rings. The van der Waals surface area contributed by atoms with Crippen LogP contribution in [0.2, 0.25) is 0 Å². The van der Waals surface area contributed by atoms with Crippen molar-refractivity contribution in [3.63, 3.8) is 0 Å². The molecule has 0 saturated carbocycles. The van der Waals surface area contributed by atoms with Crippen LogP contribution in [0.5, 0.6) is 0 Å². The summed E-state index contributed by atoms with van der Waals surface area (Å²) in [6.45, 7) is 6.09. The standard InChI is InChI=1S/C14H20N2/c1-4-14(5-2,10-15)13-8-6-12(7-9-13)11(3)16/h6-9,11H,4-5,16H2,1-3H3/t11-/m0/s1. The van der Waals surface area contributed by atoms with Gasteiger partial charge in [0, 0.05) is 6.04 Å². The average molecular weight is 216 g/mol. The highest BCUT2D eigenvalue weighted by molar-refractivity contribution is 5.35. The van der Waals surface area contributed by atoms with Gasteiger partial charge in [-0.2, -0.15) is 5.26 Å². The Labute approximate surface area is 98.1 Å². The van der Waals surface area contributed by atoms with Crippen molar-refractivity contribution in [1.29, 1.82) is 5.26 Å². The number of nitrogens with two attached hydrogens (primary N) is 1. The molecule has 0 radical (unpaired) electrons. The van der Waals surface area contributed by atoms with Crippen LogP contribution in [0.25, 0.3) is 0 Å². The molecule has 86 valence electrons. The lowest BCUT2D eigenvalue weighted by molar-refractivity contribution is 0.510. The second-order valence-corrected chi connectivity index (χ2v) is 4.31. The molecule has 0 aliphatic carbocycles. The molecule has 2 N–H and O–H groups in total. The zero-order chi connectivity index (χ0) is 12.2. The average Bonchev–Trinajstić information content (AvgIpc) is 2.33. The van der Waals surface area contributed by atoms with Gasteiger partial charge in [-0.1, -0.05) is 38.1 Å². The minimum atomic E-state index is -0.337. The fourth-order valence-electron chi connectivity index (χ4n) is 1.99. The van der Waals surface area contributed by atoms with Gasteiger partial charge in [0.25, 0.3) is 0 Å². The summed E-state index contributed by atoms with van der Waals surface area (Å²) in [6, 6.07) is 10.6. The number of hydrogen-bond acceptors (Lipinski definition) is 2. The molecule has 0 bridgehead atoms. The third-order valence-electron chi connectivity index (χ3n) is 3.41. The van der Waals surface area contributed by atoms with Gasteiger partial charge >= 0.3 is 0 Å². The van der Waals surface area contributed by atoms with Crippen molar-refractivity contribution >= 4 is 0 Å². The maximum atomic E-state index is 9.33. The van der Waals surface area contributed by atoms with Gasteiger partial charge in [-0.05, 0) is 30.9 Å². The lowest BCUT2D eigenvalue weighted by Gasteiger charge is -2.24. The van der Waals surface area contributed by atoms with Gasteiger partial charge in [-0.25, -0.2) is 0 Å². The van der Waals surface area contributed by atoms with Crippen molar-refractivity contribution in [1.82, 2.24) is 0 Å². The molecular formula is C14H20N2. The predicted octanol–water partition coefficient (Wildman–Crippen LogP) is 3.29. The van der Waals surface area contributed by atoms with Gasteiger partial charge in [0.1, 0.15) is 0 Å². The van der Waals surface area contributed by atoms with Crippen LogP contribution in [0.4, 0.5) is 0 Å². The molecule has 0 aliphatic heterocycles. The molecule has 1 atom stereocenters. The minimum Gasteiger partial charge on any atom is -0.324 e. The molecule has 16 heavy (non-hydrogen) atoms. The van der Waals surface area contributed by atoms with Gasteiger partial charge < -0.3 is 5.73 Å². The first-order chi connectivity index (χ1) is 7.59. The van der Waals surface area contributed by atoms with Crippen molar-refractivity contribution in [3.05, 3.63) is 35.4 Å². The van der Waals surface area contributed by atoms with E-state index in [0.717, 1.165) is 24.0 Å². The van der Waals surface area contributed by atoms with Crippen LogP contribution in [-0.4, -0.2) is 0 Å². The van der Waals surface area contributed by atoms with E-state index in [9.17, 15) is 5.26 Å². The first-order valence-corrected chi connectivity index (χ1v) is 5.87. The summed E-state index contributed by atoms with van der Waals surface area (Å²) < 4.78 is 0. The first-order valence-electron chi connectivity index (χ1n) is 5.87. The Bertz CT molecular complexity index is 367. The SMILES string of the molecule is CCC(C#N)(CC)c1ccc([C@H](C)N)cc1. The van der Waals surface area contributed by atoms with Crippen LogP contribution in [0, 0.1) is 11.3 Å². The van der Waals surface area contributed by atoms with Crippen LogP contribution in [0.3, 0.4) is 0 Å². The molecule has 2 heteroatoms. The summed E-state index contributed by atoms with van der Waals surface area (Å²) in [5.41, 5.74) is 7.68. The monoisotopic (exact) mass is 216 g/mol. The van der Waals surface area contributed by atoms with Crippen molar-refractivity contribution in [3.8, 4) is 6.07 Å². The fraction of sp³-hybridized carbons (Fsp3) is 0.500. The molecule has 0 unspecified atom stereocenters. The quantitative estimate of drug-likeness (QED) is 0.839. The summed E-state index contributed by atoms with van der Waals surface area (Å²) in [5.74, 6) is 0. The third-order valence-corrected chi connectivity index (χ3v) is 3.41. The Morgan fingerprint density at radius 3 is 2.06 bits per heavy atom. The second kappa shape index (κ2) is 5.14. The number of hydrogen-bond donors (Lipinski definition) is 1. The van der Waals surface area contributed by atoms with Crippen molar-refractivity contribution in [2.24, 2.45) is 5.73 Å². The minimum absolute atomic E-state index is 0.0498. The highest BCUT2D eigenvalue weighted by Crippen LogP contribution is 2.31. The van der Waals surface area contributed by atoms with Crippen LogP contribution in [0.1, 0.15) is 50.8 Å². The molecule has 2 nitrogen and oxygen atoms in total. The van der Waals surface area contributed by atoms with E-state index in [0.29, 0.717) is 0 Å². The zero-order valence-corrected chi connectivity index (χ0v) is 10.3. The van der Waals surface area contributed by atoms with E-state index >= 15 is 0 Å². The number of rotatable bonds is 4. The Morgan fingerprint density at radius 2 is 1.75 bits per heavy atom. The Balaban J connectivity index is 3.09. The summed E-state index contributed by atoms with van der Waals surface area (Å²) >= 11 is 0. The van der Waals surface area contributed by atoms with Crippen molar-refractivity contribution < 1.29 is 0 Å². The van der Waals surface area contributed by atoms with E-state index in [-0.39, 0.29) is 11.5 Å². The van der Waals surface area contributed by atoms with Crippen LogP contribution < -0.4 is 5.73 Å². The summed E-state index contributed by atoms with van der Waals surface area (Å²) in [5, 5.41) is 9.33. The van der Waals surface area contributed by atoms with E-state index in [1.807, 2.05) is 31.2 Å². The molecule has 0 saturated heterocycles. The largest absolute Gasteiger partial charge is 0.324 e. The van der Waals surface area contributed by atoms with Gasteiger partial charge in [0.05, 0.1) is 11.5 Å². The van der Waals surface area contributed by atoms with Crippen molar-refractivity contribution in [2.45, 2.75) is 45.1 Å². The highest BCUT2D eigenvalue weighted by Gasteiger charge is 2.27. The maximum absolute atomic E-state index is 9.33. The van der Waals surface area contributed by atoms with Crippen LogP contribution >= 0.6 is 0 Å². The number of benzene rings is 1. The van der Waals surface area contributed by atoms with E-state index in [2.05, 4.69) is 19.9 Å². The predicted molar refractivity (Wildman–Crippen MR) is 66.9 cm³/mol. The smallest absolute Gasteiger partial charge is 0.0817 e. The van der Waals surface area contributed by atoms with Crippen LogP contribution in [-0.2, 0) is 5.41 Å². The summed E-state index contributed by atoms with van der Waals surface area (Å²) in [7, 11) is 0. The summed E-state index contributed by atoms with van der Waals surface area (Å²) in [4.78, 5) is 0. The lowest BCUT2D eigenvalue weighted by Crippen LogP contribution is -2.22. The fourth-order valence-corrected chi connectivity index (χ4v) is 1.99. The number of nitriles is 1. The summed E-state index contributed by atoms with van der Waals surface area (Å²) in [6.07, 6.45) is 1.69. The normalized spacial score (nSPS) is 13.2. The van der Waals surface area contributed by atoms with E-state index in [4.69, 9.17) is 5.73 Å². The molecule has 1 aromatic rings. The maximum Gasteiger partial charge on any atom is 0.0817 e. The molecule has 0 amide bonds. The van der Waals surface area contributed by atoms with Crippen LogP contribution in [0.15, 0.2) is 24.3 Å². The third kappa shape index (κ3) is 2.25. The second-order valence-electron chi connectivity index (χ2n) is 4.31. The number of nitrogens with zero attached hydrogens (tertiary/aromatic N) is 1. The Kier molecular flexibility index (Phi) is 4.09. The molecule has 1 aromatic carbocycles. The van der Waals surface area contributed by atoms with Gasteiger partial charge in [0.2, 0.25) is 0 Å². The molecule has 0 spiro atoms. The molecule has 1 rings (SSSR count). The first kappa shape index (κ1) is 12.7. The van der Waals surface area contributed by atoms with E-state index in [1.165, 1.54) is 0 Å². The van der Waals surface area contributed by atoms with E-state index in [1.54, 1.807) is 0 Å². The van der Waals surface area contributed by atoms with Gasteiger partial charge in [0.15, 0.2) is 0 Å². The van der Waals surface area contributed by atoms with Gasteiger partial charge in [-0.3, -0.25) is 0 Å². The molecule has 0 aliphatic rings. The van der Waals surface area contributed by atoms with E-state index < -0.39 is 0 Å². The molecular weight excluding hydrogens is 196 g/mol. The lowest BCUT2D eigenvalue weighted by atomic mass is 9.77. The molecule has 0 aromatic heterocycles. The molecule has 0 heterocycles. The Hall–Kier alpha value is -1.33. The highest BCUT2D eigenvalue weighted by atomic mass is 14.6. The zero-order valence-electron chi connectivity index (χ0n) is 10.3. The topological polar surface area (TPSA) is 49.8 Å². The van der Waals surface area contributed by atoms with Gasteiger partial charge in [-0.15, -0.1) is 0 Å². The Morgan fingerprint density at radius 1 is 1.25 bits per heavy atom. The van der Waals surface area contributed by atoms with Crippen molar-refractivity contribution in [2.75, 3.05) is 0 Å².